The molecule has 20 heavy (non-hydrogen) atoms. The average molecular weight is 276 g/mol. The first kappa shape index (κ1) is 13.4. The summed E-state index contributed by atoms with van der Waals surface area (Å²) in [4.78, 5) is 25.8. The minimum atomic E-state index is -0.947. The molecule has 0 aliphatic heterocycles. The molecule has 0 radical (unpaired) electrons. The third-order valence-corrected chi connectivity index (χ3v) is 2.49. The van der Waals surface area contributed by atoms with E-state index in [9.17, 15) is 19.3 Å². The number of carbonyl (C=O) groups excluding carboxylic acids is 1. The zero-order valence-electron chi connectivity index (χ0n) is 10.0. The van der Waals surface area contributed by atoms with E-state index in [-0.39, 0.29) is 11.3 Å². The number of amides is 1. The van der Waals surface area contributed by atoms with Gasteiger partial charge in [0.1, 0.15) is 5.56 Å². The van der Waals surface area contributed by atoms with E-state index in [1.165, 1.54) is 24.5 Å². The number of rotatable bonds is 3. The number of hydrogen-bond donors (Lipinski definition) is 2. The zero-order chi connectivity index (χ0) is 14.7. The van der Waals surface area contributed by atoms with Crippen LogP contribution in [0.4, 0.5) is 21.5 Å². The molecule has 0 spiro atoms. The maximum Gasteiger partial charge on any atom is 0.285 e. The first-order chi connectivity index (χ1) is 9.49. The van der Waals surface area contributed by atoms with Gasteiger partial charge in [0.15, 0.2) is 5.82 Å². The summed E-state index contributed by atoms with van der Waals surface area (Å²) in [5.41, 5.74) is 4.44. The van der Waals surface area contributed by atoms with Gasteiger partial charge in [-0.3, -0.25) is 19.9 Å². The molecule has 0 saturated carbocycles. The molecule has 0 aliphatic carbocycles. The van der Waals surface area contributed by atoms with Gasteiger partial charge in [0.05, 0.1) is 16.7 Å². The lowest BCUT2D eigenvalue weighted by molar-refractivity contribution is -0.385. The number of carbonyl (C=O) groups is 1. The molecule has 0 fully saturated rings. The number of nitrogens with two attached hydrogens (primary N) is 1. The van der Waals surface area contributed by atoms with Crippen LogP contribution in [0.15, 0.2) is 36.7 Å². The van der Waals surface area contributed by atoms with Crippen LogP contribution in [-0.4, -0.2) is 15.8 Å². The number of nitrogen functional groups attached to an aromatic ring is 1. The fourth-order valence-electron chi connectivity index (χ4n) is 1.55. The van der Waals surface area contributed by atoms with Gasteiger partial charge in [-0.25, -0.2) is 4.39 Å². The molecule has 0 atom stereocenters. The minimum Gasteiger partial charge on any atom is -0.396 e. The summed E-state index contributed by atoms with van der Waals surface area (Å²) in [7, 11) is 0. The molecule has 2 rings (SSSR count). The van der Waals surface area contributed by atoms with Crippen molar-refractivity contribution in [1.29, 1.82) is 0 Å². The molecule has 0 unspecified atom stereocenters. The Morgan fingerprint density at radius 1 is 1.35 bits per heavy atom. The molecule has 1 aromatic heterocycles. The highest BCUT2D eigenvalue weighted by molar-refractivity contribution is 6.07. The summed E-state index contributed by atoms with van der Waals surface area (Å²) in [5, 5.41) is 13.3. The monoisotopic (exact) mass is 276 g/mol. The van der Waals surface area contributed by atoms with Gasteiger partial charge in [0, 0.05) is 18.1 Å². The fourth-order valence-corrected chi connectivity index (χ4v) is 1.55. The van der Waals surface area contributed by atoms with Crippen LogP contribution in [0.2, 0.25) is 0 Å². The van der Waals surface area contributed by atoms with Crippen molar-refractivity contribution in [3.8, 4) is 0 Å². The molecule has 1 heterocycles. The third kappa shape index (κ3) is 2.69. The second-order valence-electron chi connectivity index (χ2n) is 3.84. The molecule has 0 aliphatic rings. The van der Waals surface area contributed by atoms with Gasteiger partial charge in [0.25, 0.3) is 11.6 Å². The van der Waals surface area contributed by atoms with Crippen molar-refractivity contribution in [3.63, 3.8) is 0 Å². The summed E-state index contributed by atoms with van der Waals surface area (Å²) in [5.74, 6) is -1.70. The lowest BCUT2D eigenvalue weighted by atomic mass is 10.1. The lowest BCUT2D eigenvalue weighted by Crippen LogP contribution is -2.15. The number of nitro benzene ring substituents is 1. The maximum atomic E-state index is 13.2. The van der Waals surface area contributed by atoms with E-state index < -0.39 is 22.3 Å². The van der Waals surface area contributed by atoms with E-state index >= 15 is 0 Å². The standard InChI is InChI=1S/C12H9FN4O3/c13-9-6-11(17(19)20)8(5-10(9)14)12(18)16-7-1-3-15-4-2-7/h1-6H,14H2,(H,15,16,18). The van der Waals surface area contributed by atoms with Gasteiger partial charge in [0.2, 0.25) is 0 Å². The van der Waals surface area contributed by atoms with Crippen LogP contribution in [0, 0.1) is 15.9 Å². The Hall–Kier alpha value is -3.03. The summed E-state index contributed by atoms with van der Waals surface area (Å²) in [6.07, 6.45) is 2.89. The number of nitro groups is 1. The summed E-state index contributed by atoms with van der Waals surface area (Å²) in [6.45, 7) is 0. The van der Waals surface area contributed by atoms with Gasteiger partial charge in [-0.05, 0) is 18.2 Å². The summed E-state index contributed by atoms with van der Waals surface area (Å²) >= 11 is 0. The van der Waals surface area contributed by atoms with E-state index in [1.807, 2.05) is 0 Å². The predicted molar refractivity (Wildman–Crippen MR) is 69.7 cm³/mol. The normalized spacial score (nSPS) is 10.1. The number of nitrogens with zero attached hydrogens (tertiary/aromatic N) is 2. The molecule has 2 aromatic rings. The highest BCUT2D eigenvalue weighted by Crippen LogP contribution is 2.25. The number of benzene rings is 1. The van der Waals surface area contributed by atoms with Crippen molar-refractivity contribution in [1.82, 2.24) is 4.98 Å². The largest absolute Gasteiger partial charge is 0.396 e. The summed E-state index contributed by atoms with van der Waals surface area (Å²) < 4.78 is 13.2. The number of hydrogen-bond acceptors (Lipinski definition) is 5. The van der Waals surface area contributed by atoms with Crippen molar-refractivity contribution in [2.75, 3.05) is 11.1 Å². The first-order valence-corrected chi connectivity index (χ1v) is 5.44. The van der Waals surface area contributed by atoms with Crippen molar-refractivity contribution in [2.24, 2.45) is 0 Å². The van der Waals surface area contributed by atoms with Crippen LogP contribution in [0.3, 0.4) is 0 Å². The molecule has 1 aromatic carbocycles. The van der Waals surface area contributed by atoms with Crippen LogP contribution in [0.25, 0.3) is 0 Å². The van der Waals surface area contributed by atoms with E-state index in [4.69, 9.17) is 5.73 Å². The van der Waals surface area contributed by atoms with E-state index in [0.29, 0.717) is 11.8 Å². The molecule has 3 N–H and O–H groups in total. The van der Waals surface area contributed by atoms with Crippen molar-refractivity contribution in [2.45, 2.75) is 0 Å². The van der Waals surface area contributed by atoms with Crippen LogP contribution in [0.1, 0.15) is 10.4 Å². The van der Waals surface area contributed by atoms with Gasteiger partial charge in [-0.1, -0.05) is 0 Å². The van der Waals surface area contributed by atoms with Crippen LogP contribution in [0.5, 0.6) is 0 Å². The topological polar surface area (TPSA) is 111 Å². The first-order valence-electron chi connectivity index (χ1n) is 5.44. The Morgan fingerprint density at radius 3 is 2.60 bits per heavy atom. The van der Waals surface area contributed by atoms with Crippen molar-refractivity contribution < 1.29 is 14.1 Å². The smallest absolute Gasteiger partial charge is 0.285 e. The number of pyridine rings is 1. The zero-order valence-corrected chi connectivity index (χ0v) is 10.0. The average Bonchev–Trinajstić information content (AvgIpc) is 2.42. The fraction of sp³-hybridized carbons (Fsp3) is 0. The Bertz CT molecular complexity index is 676. The molecular formula is C12H9FN4O3. The molecule has 0 saturated heterocycles. The van der Waals surface area contributed by atoms with Gasteiger partial charge >= 0.3 is 0 Å². The highest BCUT2D eigenvalue weighted by atomic mass is 19.1. The van der Waals surface area contributed by atoms with Crippen molar-refractivity contribution in [3.05, 3.63) is 58.2 Å². The summed E-state index contributed by atoms with van der Waals surface area (Å²) in [6, 6.07) is 4.58. The molecule has 7 nitrogen and oxygen atoms in total. The Kier molecular flexibility index (Phi) is 3.56. The Balaban J connectivity index is 2.39. The molecule has 1 amide bonds. The third-order valence-electron chi connectivity index (χ3n) is 2.49. The predicted octanol–water partition coefficient (Wildman–Crippen LogP) is 1.96. The molecule has 102 valence electrons. The second-order valence-corrected chi connectivity index (χ2v) is 3.84. The lowest BCUT2D eigenvalue weighted by Gasteiger charge is -2.06. The Labute approximate surface area is 112 Å². The van der Waals surface area contributed by atoms with Crippen LogP contribution in [-0.2, 0) is 0 Å². The SMILES string of the molecule is Nc1cc(C(=O)Nc2ccncc2)c([N+](=O)[O-])cc1F. The Morgan fingerprint density at radius 2 is 2.00 bits per heavy atom. The van der Waals surface area contributed by atoms with E-state index in [1.54, 1.807) is 0 Å². The number of nitrogens with one attached hydrogen (secondary N) is 1. The number of halogens is 1. The molecule has 0 bridgehead atoms. The van der Waals surface area contributed by atoms with Crippen LogP contribution < -0.4 is 11.1 Å². The quantitative estimate of drug-likeness (QED) is 0.505. The van der Waals surface area contributed by atoms with Gasteiger partial charge in [-0.2, -0.15) is 0 Å². The van der Waals surface area contributed by atoms with Crippen molar-refractivity contribution >= 4 is 23.0 Å². The number of anilines is 2. The highest BCUT2D eigenvalue weighted by Gasteiger charge is 2.23. The molecule has 8 heteroatoms. The van der Waals surface area contributed by atoms with Crippen LogP contribution >= 0.6 is 0 Å². The molecular weight excluding hydrogens is 267 g/mol. The van der Waals surface area contributed by atoms with E-state index in [0.717, 1.165) is 6.07 Å². The maximum absolute atomic E-state index is 13.2. The van der Waals surface area contributed by atoms with Gasteiger partial charge < -0.3 is 11.1 Å². The number of aromatic nitrogens is 1. The van der Waals surface area contributed by atoms with E-state index in [2.05, 4.69) is 10.3 Å². The second kappa shape index (κ2) is 5.31. The van der Waals surface area contributed by atoms with Gasteiger partial charge in [-0.15, -0.1) is 0 Å². The minimum absolute atomic E-state index is 0.314.